The fourth-order valence-corrected chi connectivity index (χ4v) is 2.96. The number of ketones is 1. The maximum absolute atomic E-state index is 12.6. The predicted molar refractivity (Wildman–Crippen MR) is 112 cm³/mol. The smallest absolute Gasteiger partial charge is 0.338 e. The number of carbonyl (C=O) groups is 2. The quantitative estimate of drug-likeness (QED) is 0.409. The normalized spacial score (nSPS) is 11.8. The van der Waals surface area contributed by atoms with Crippen LogP contribution in [0.15, 0.2) is 47.0 Å². The van der Waals surface area contributed by atoms with Gasteiger partial charge in [-0.3, -0.25) is 4.79 Å². The summed E-state index contributed by atoms with van der Waals surface area (Å²) >= 11 is 0. The second kappa shape index (κ2) is 8.95. The lowest BCUT2D eigenvalue weighted by Crippen LogP contribution is -2.24. The van der Waals surface area contributed by atoms with Crippen LogP contribution in [0.25, 0.3) is 0 Å². The molecule has 0 radical (unpaired) electrons. The molecule has 1 atom stereocenters. The first-order valence-electron chi connectivity index (χ1n) is 9.73. The highest BCUT2D eigenvalue weighted by molar-refractivity contribution is 6.01. The molecule has 0 N–H and O–H groups in total. The number of Topliss-reactive ketones (excluding diaryl/α,β-unsaturated/α-hetero) is 1. The zero-order chi connectivity index (χ0) is 21.8. The average Bonchev–Trinajstić information content (AvgIpc) is 3.05. The number of esters is 1. The molecule has 0 spiro atoms. The van der Waals surface area contributed by atoms with Crippen LogP contribution < -0.4 is 4.74 Å². The highest BCUT2D eigenvalue weighted by atomic mass is 16.5. The first kappa shape index (κ1) is 21.3. The molecule has 0 bridgehead atoms. The van der Waals surface area contributed by atoms with E-state index in [1.807, 2.05) is 39.8 Å². The summed E-state index contributed by atoms with van der Waals surface area (Å²) in [5.74, 6) is 0.531. The second-order valence-electron chi connectivity index (χ2n) is 7.33. The molecule has 0 saturated carbocycles. The molecule has 6 heteroatoms. The Bertz CT molecular complexity index is 1050. The Hall–Kier alpha value is -3.41. The van der Waals surface area contributed by atoms with Crippen molar-refractivity contribution in [1.82, 2.24) is 5.16 Å². The third-order valence-corrected chi connectivity index (χ3v) is 5.10. The molecule has 156 valence electrons. The molecule has 0 saturated heterocycles. The topological polar surface area (TPSA) is 78.6 Å². The number of ether oxygens (including phenoxy) is 2. The monoisotopic (exact) mass is 407 g/mol. The van der Waals surface area contributed by atoms with E-state index in [9.17, 15) is 9.59 Å². The van der Waals surface area contributed by atoms with Gasteiger partial charge in [-0.2, -0.15) is 0 Å². The second-order valence-corrected chi connectivity index (χ2v) is 7.33. The summed E-state index contributed by atoms with van der Waals surface area (Å²) in [5.41, 5.74) is 4.69. The van der Waals surface area contributed by atoms with Crippen LogP contribution in [0.3, 0.4) is 0 Å². The van der Waals surface area contributed by atoms with Crippen LogP contribution in [0.2, 0.25) is 0 Å². The van der Waals surface area contributed by atoms with Crippen molar-refractivity contribution < 1.29 is 23.6 Å². The van der Waals surface area contributed by atoms with Gasteiger partial charge < -0.3 is 14.0 Å². The Morgan fingerprint density at radius 2 is 1.63 bits per heavy atom. The van der Waals surface area contributed by atoms with Gasteiger partial charge in [0.1, 0.15) is 18.1 Å². The zero-order valence-electron chi connectivity index (χ0n) is 17.8. The van der Waals surface area contributed by atoms with Crippen molar-refractivity contribution in [3.8, 4) is 5.75 Å². The van der Waals surface area contributed by atoms with Gasteiger partial charge in [0.05, 0.1) is 16.8 Å². The fourth-order valence-electron chi connectivity index (χ4n) is 2.96. The number of carbonyl (C=O) groups excluding carboxylic acids is 2. The maximum Gasteiger partial charge on any atom is 0.338 e. The lowest BCUT2D eigenvalue weighted by molar-refractivity contribution is 0.0318. The molecular formula is C24H25NO5. The highest BCUT2D eigenvalue weighted by Crippen LogP contribution is 2.19. The number of hydrogen-bond donors (Lipinski definition) is 0. The molecule has 2 aromatic carbocycles. The van der Waals surface area contributed by atoms with Gasteiger partial charge in [-0.25, -0.2) is 4.79 Å². The molecule has 6 nitrogen and oxygen atoms in total. The number of rotatable bonds is 7. The maximum atomic E-state index is 12.6. The first-order chi connectivity index (χ1) is 14.3. The van der Waals surface area contributed by atoms with Crippen molar-refractivity contribution in [2.45, 2.75) is 47.3 Å². The Labute approximate surface area is 175 Å². The van der Waals surface area contributed by atoms with Crippen molar-refractivity contribution in [3.63, 3.8) is 0 Å². The van der Waals surface area contributed by atoms with E-state index in [-0.39, 0.29) is 5.78 Å². The lowest BCUT2D eigenvalue weighted by atomic mass is 10.0. The van der Waals surface area contributed by atoms with Crippen LogP contribution in [0.5, 0.6) is 5.75 Å². The Balaban J connectivity index is 1.59. The fraction of sp³-hybridized carbons (Fsp3) is 0.292. The van der Waals surface area contributed by atoms with Crippen molar-refractivity contribution >= 4 is 11.8 Å². The van der Waals surface area contributed by atoms with Crippen LogP contribution in [0.4, 0.5) is 0 Å². The summed E-state index contributed by atoms with van der Waals surface area (Å²) in [7, 11) is 0. The van der Waals surface area contributed by atoms with Gasteiger partial charge >= 0.3 is 5.97 Å². The van der Waals surface area contributed by atoms with E-state index < -0.39 is 12.1 Å². The molecule has 0 aliphatic heterocycles. The number of benzene rings is 2. The van der Waals surface area contributed by atoms with E-state index >= 15 is 0 Å². The minimum absolute atomic E-state index is 0.231. The van der Waals surface area contributed by atoms with Gasteiger partial charge in [0.25, 0.3) is 0 Å². The highest BCUT2D eigenvalue weighted by Gasteiger charge is 2.21. The third kappa shape index (κ3) is 4.76. The number of hydrogen-bond acceptors (Lipinski definition) is 6. The van der Waals surface area contributed by atoms with Crippen LogP contribution in [-0.2, 0) is 11.3 Å². The molecule has 3 rings (SSSR count). The molecule has 0 amide bonds. The van der Waals surface area contributed by atoms with Gasteiger partial charge in [0, 0.05) is 5.56 Å². The van der Waals surface area contributed by atoms with Crippen molar-refractivity contribution in [2.75, 3.05) is 0 Å². The number of nitrogens with zero attached hydrogens (tertiary/aromatic N) is 1. The van der Waals surface area contributed by atoms with E-state index in [0.29, 0.717) is 23.5 Å². The molecule has 1 heterocycles. The Morgan fingerprint density at radius 1 is 0.967 bits per heavy atom. The summed E-state index contributed by atoms with van der Waals surface area (Å²) in [6.07, 6.45) is -0.880. The van der Waals surface area contributed by atoms with E-state index in [4.69, 9.17) is 14.0 Å². The minimum atomic E-state index is -0.880. The van der Waals surface area contributed by atoms with Crippen molar-refractivity contribution in [1.29, 1.82) is 0 Å². The summed E-state index contributed by atoms with van der Waals surface area (Å²) in [4.78, 5) is 25.0. The number of aryl methyl sites for hydroxylation is 4. The largest absolute Gasteiger partial charge is 0.489 e. The molecule has 0 aliphatic carbocycles. The molecule has 30 heavy (non-hydrogen) atoms. The molecular weight excluding hydrogens is 382 g/mol. The van der Waals surface area contributed by atoms with Gasteiger partial charge in [0.15, 0.2) is 6.10 Å². The predicted octanol–water partition coefficient (Wildman–Crippen LogP) is 4.92. The van der Waals surface area contributed by atoms with Crippen LogP contribution >= 0.6 is 0 Å². The van der Waals surface area contributed by atoms with Crippen molar-refractivity contribution in [2.24, 2.45) is 0 Å². The average molecular weight is 407 g/mol. The van der Waals surface area contributed by atoms with Gasteiger partial charge in [0.2, 0.25) is 5.78 Å². The molecule has 1 aromatic heterocycles. The summed E-state index contributed by atoms with van der Waals surface area (Å²) in [5, 5.41) is 3.89. The Kier molecular flexibility index (Phi) is 6.35. The molecule has 3 aromatic rings. The first-order valence-corrected chi connectivity index (χ1v) is 9.73. The summed E-state index contributed by atoms with van der Waals surface area (Å²) in [6, 6.07) is 12.0. The van der Waals surface area contributed by atoms with E-state index in [1.165, 1.54) is 0 Å². The van der Waals surface area contributed by atoms with E-state index in [0.717, 1.165) is 28.1 Å². The summed E-state index contributed by atoms with van der Waals surface area (Å²) in [6.45, 7) is 9.52. The van der Waals surface area contributed by atoms with E-state index in [1.54, 1.807) is 37.3 Å². The van der Waals surface area contributed by atoms with Gasteiger partial charge in [-0.15, -0.1) is 0 Å². The van der Waals surface area contributed by atoms with Crippen molar-refractivity contribution in [3.05, 3.63) is 81.7 Å². The number of aromatic nitrogens is 1. The van der Waals surface area contributed by atoms with E-state index in [2.05, 4.69) is 5.16 Å². The summed E-state index contributed by atoms with van der Waals surface area (Å²) < 4.78 is 16.2. The molecule has 0 aliphatic rings. The van der Waals surface area contributed by atoms with Crippen LogP contribution in [0.1, 0.15) is 55.8 Å². The van der Waals surface area contributed by atoms with Gasteiger partial charge in [-0.1, -0.05) is 17.3 Å². The zero-order valence-corrected chi connectivity index (χ0v) is 17.8. The van der Waals surface area contributed by atoms with Crippen LogP contribution in [0, 0.1) is 27.7 Å². The van der Waals surface area contributed by atoms with Crippen LogP contribution in [-0.4, -0.2) is 23.0 Å². The molecule has 0 unspecified atom stereocenters. The standard InChI is InChI=1S/C24H25NO5/c1-14-6-7-20(12-15(14)2)23(26)18(5)29-24(27)19-8-10-21(11-9-19)28-13-22-16(3)25-30-17(22)4/h6-12,18H,13H2,1-5H3/t18-/m0/s1. The van der Waals surface area contributed by atoms with Gasteiger partial charge in [-0.05, 0) is 76.1 Å². The minimum Gasteiger partial charge on any atom is -0.489 e. The Morgan fingerprint density at radius 3 is 2.23 bits per heavy atom. The third-order valence-electron chi connectivity index (χ3n) is 5.10. The lowest BCUT2D eigenvalue weighted by Gasteiger charge is -2.13. The SMILES string of the molecule is Cc1ccc(C(=O)[C@H](C)OC(=O)c2ccc(OCc3c(C)noc3C)cc2)cc1C. The molecule has 0 fully saturated rings.